The van der Waals surface area contributed by atoms with Crippen LogP contribution >= 0.6 is 0 Å². The van der Waals surface area contributed by atoms with Crippen molar-refractivity contribution in [1.29, 1.82) is 0 Å². The van der Waals surface area contributed by atoms with E-state index in [-0.39, 0.29) is 11.5 Å². The van der Waals surface area contributed by atoms with Crippen LogP contribution in [0, 0.1) is 0 Å². The first-order valence-electron chi connectivity index (χ1n) is 8.48. The van der Waals surface area contributed by atoms with Gasteiger partial charge in [-0.1, -0.05) is 34.6 Å². The summed E-state index contributed by atoms with van der Waals surface area (Å²) in [5.74, 6) is 1.02. The fourth-order valence-corrected chi connectivity index (χ4v) is 2.99. The van der Waals surface area contributed by atoms with E-state index in [1.165, 1.54) is 11.3 Å². The molecule has 0 amide bonds. The Hall–Kier alpha value is -1.59. The summed E-state index contributed by atoms with van der Waals surface area (Å²) >= 11 is 0. The summed E-state index contributed by atoms with van der Waals surface area (Å²) in [4.78, 5) is 2.41. The van der Waals surface area contributed by atoms with Crippen LogP contribution in [0.15, 0.2) is 29.0 Å². The number of likely N-dealkylation sites (N-methyl/N-ethyl adjacent to an activating group) is 1. The molecular weight excluding hydrogens is 288 g/mol. The number of H-pyrrole nitrogens is 1. The first-order chi connectivity index (χ1) is 11.0. The molecule has 0 saturated carbocycles. The van der Waals surface area contributed by atoms with Gasteiger partial charge in [0.05, 0.1) is 18.5 Å². The minimum absolute atomic E-state index is 0.0762. The topological polar surface area (TPSA) is 57.1 Å². The van der Waals surface area contributed by atoms with Gasteiger partial charge in [-0.15, -0.1) is 0 Å². The lowest BCUT2D eigenvalue weighted by molar-refractivity contribution is 0.188. The monoisotopic (exact) mass is 318 g/mol. The Morgan fingerprint density at radius 1 is 1.30 bits per heavy atom. The van der Waals surface area contributed by atoms with Crippen LogP contribution < -0.4 is 5.32 Å². The fourth-order valence-electron chi connectivity index (χ4n) is 2.99. The van der Waals surface area contributed by atoms with Gasteiger partial charge in [0.1, 0.15) is 5.76 Å². The van der Waals surface area contributed by atoms with Crippen LogP contribution in [-0.4, -0.2) is 34.7 Å². The van der Waals surface area contributed by atoms with E-state index in [1.807, 2.05) is 12.3 Å². The van der Waals surface area contributed by atoms with Gasteiger partial charge in [0.15, 0.2) is 0 Å². The summed E-state index contributed by atoms with van der Waals surface area (Å²) < 4.78 is 5.65. The van der Waals surface area contributed by atoms with Crippen molar-refractivity contribution in [3.05, 3.63) is 41.6 Å². The average molecular weight is 318 g/mol. The number of hydrogen-bond acceptors (Lipinski definition) is 4. The van der Waals surface area contributed by atoms with Crippen molar-refractivity contribution in [3.8, 4) is 0 Å². The Morgan fingerprint density at radius 2 is 2.04 bits per heavy atom. The molecule has 0 saturated heterocycles. The first-order valence-corrected chi connectivity index (χ1v) is 8.48. The summed E-state index contributed by atoms with van der Waals surface area (Å²) in [6.45, 7) is 14.6. The van der Waals surface area contributed by atoms with Crippen LogP contribution in [-0.2, 0) is 12.0 Å². The molecule has 0 spiro atoms. The highest BCUT2D eigenvalue weighted by molar-refractivity contribution is 5.23. The summed E-state index contributed by atoms with van der Waals surface area (Å²) in [5, 5.41) is 10.9. The molecule has 0 aromatic carbocycles. The van der Waals surface area contributed by atoms with Crippen molar-refractivity contribution in [2.24, 2.45) is 0 Å². The van der Waals surface area contributed by atoms with Gasteiger partial charge in [0.2, 0.25) is 0 Å². The number of nitrogens with zero attached hydrogens (tertiary/aromatic N) is 2. The predicted octanol–water partition coefficient (Wildman–Crippen LogP) is 3.47. The number of furan rings is 1. The van der Waals surface area contributed by atoms with E-state index in [4.69, 9.17) is 4.42 Å². The number of rotatable bonds is 8. The summed E-state index contributed by atoms with van der Waals surface area (Å²) in [6.07, 6.45) is 3.67. The third kappa shape index (κ3) is 4.45. The molecule has 128 valence electrons. The van der Waals surface area contributed by atoms with Crippen LogP contribution in [0.5, 0.6) is 0 Å². The molecule has 1 atom stereocenters. The van der Waals surface area contributed by atoms with E-state index in [0.29, 0.717) is 0 Å². The molecule has 2 rings (SSSR count). The second-order valence-corrected chi connectivity index (χ2v) is 6.90. The minimum Gasteiger partial charge on any atom is -0.468 e. The first kappa shape index (κ1) is 17.8. The van der Waals surface area contributed by atoms with Gasteiger partial charge in [-0.2, -0.15) is 5.10 Å². The van der Waals surface area contributed by atoms with Crippen molar-refractivity contribution in [2.45, 2.75) is 52.6 Å². The molecular formula is C18H30N4O. The summed E-state index contributed by atoms with van der Waals surface area (Å²) in [6, 6.07) is 4.27. The van der Waals surface area contributed by atoms with Crippen LogP contribution in [0.3, 0.4) is 0 Å². The molecule has 0 aliphatic carbocycles. The molecule has 0 bridgehead atoms. The lowest BCUT2D eigenvalue weighted by atomic mass is 9.89. The standard InChI is InChI=1S/C18H30N4O/c1-6-22(7-2)15(16-9-8-10-23-16)13-19-11-14-12-20-21-17(14)18(3,4)5/h8-10,12,15,19H,6-7,11,13H2,1-5H3,(H,20,21). The maximum atomic E-state index is 5.65. The van der Waals surface area contributed by atoms with Gasteiger partial charge in [-0.3, -0.25) is 10.00 Å². The maximum Gasteiger partial charge on any atom is 0.122 e. The highest BCUT2D eigenvalue weighted by Crippen LogP contribution is 2.24. The Kier molecular flexibility index (Phi) is 6.02. The van der Waals surface area contributed by atoms with Crippen LogP contribution in [0.2, 0.25) is 0 Å². The lowest BCUT2D eigenvalue weighted by Gasteiger charge is -2.28. The van der Waals surface area contributed by atoms with Gasteiger partial charge >= 0.3 is 0 Å². The van der Waals surface area contributed by atoms with E-state index in [0.717, 1.165) is 31.9 Å². The van der Waals surface area contributed by atoms with Gasteiger partial charge in [-0.05, 0) is 25.2 Å². The third-order valence-corrected chi connectivity index (χ3v) is 4.25. The van der Waals surface area contributed by atoms with Crippen molar-refractivity contribution in [3.63, 3.8) is 0 Å². The second-order valence-electron chi connectivity index (χ2n) is 6.90. The molecule has 1 unspecified atom stereocenters. The van der Waals surface area contributed by atoms with E-state index in [2.05, 4.69) is 61.1 Å². The molecule has 0 aliphatic heterocycles. The lowest BCUT2D eigenvalue weighted by Crippen LogP contribution is -2.35. The average Bonchev–Trinajstić information content (AvgIpc) is 3.17. The number of aromatic amines is 1. The van der Waals surface area contributed by atoms with Gasteiger partial charge in [-0.25, -0.2) is 0 Å². The van der Waals surface area contributed by atoms with E-state index in [1.54, 1.807) is 6.26 Å². The molecule has 2 aromatic rings. The van der Waals surface area contributed by atoms with E-state index < -0.39 is 0 Å². The van der Waals surface area contributed by atoms with Crippen LogP contribution in [0.25, 0.3) is 0 Å². The van der Waals surface area contributed by atoms with E-state index >= 15 is 0 Å². The Bertz CT molecular complexity index is 564. The summed E-state index contributed by atoms with van der Waals surface area (Å²) in [5.41, 5.74) is 2.50. The van der Waals surface area contributed by atoms with E-state index in [9.17, 15) is 0 Å². The highest BCUT2D eigenvalue weighted by atomic mass is 16.3. The van der Waals surface area contributed by atoms with Crippen molar-refractivity contribution in [2.75, 3.05) is 19.6 Å². The maximum absolute atomic E-state index is 5.65. The normalized spacial score (nSPS) is 13.7. The molecule has 0 fully saturated rings. The third-order valence-electron chi connectivity index (χ3n) is 4.25. The zero-order chi connectivity index (χ0) is 16.9. The number of aromatic nitrogens is 2. The SMILES string of the molecule is CCN(CC)C(CNCc1cn[nH]c1C(C)(C)C)c1ccco1. The quantitative estimate of drug-likeness (QED) is 0.782. The Balaban J connectivity index is 2.01. The molecule has 5 nitrogen and oxygen atoms in total. The van der Waals surface area contributed by atoms with Crippen LogP contribution in [0.1, 0.15) is 57.7 Å². The molecule has 0 radical (unpaired) electrons. The van der Waals surface area contributed by atoms with Crippen molar-refractivity contribution < 1.29 is 4.42 Å². The fraction of sp³-hybridized carbons (Fsp3) is 0.611. The molecule has 23 heavy (non-hydrogen) atoms. The van der Waals surface area contributed by atoms with Gasteiger partial charge in [0.25, 0.3) is 0 Å². The number of hydrogen-bond donors (Lipinski definition) is 2. The molecule has 2 heterocycles. The minimum atomic E-state index is 0.0762. The molecule has 2 aromatic heterocycles. The predicted molar refractivity (Wildman–Crippen MR) is 93.4 cm³/mol. The highest BCUT2D eigenvalue weighted by Gasteiger charge is 2.22. The van der Waals surface area contributed by atoms with Gasteiger partial charge in [0, 0.05) is 29.8 Å². The molecule has 2 N–H and O–H groups in total. The smallest absolute Gasteiger partial charge is 0.122 e. The van der Waals surface area contributed by atoms with Crippen LogP contribution in [0.4, 0.5) is 0 Å². The zero-order valence-corrected chi connectivity index (χ0v) is 15.0. The van der Waals surface area contributed by atoms with Crippen molar-refractivity contribution in [1.82, 2.24) is 20.4 Å². The molecule has 5 heteroatoms. The summed E-state index contributed by atoms with van der Waals surface area (Å²) in [7, 11) is 0. The van der Waals surface area contributed by atoms with Gasteiger partial charge < -0.3 is 9.73 Å². The molecule has 0 aliphatic rings. The Labute approximate surface area is 139 Å². The number of nitrogens with one attached hydrogen (secondary N) is 2. The zero-order valence-electron chi connectivity index (χ0n) is 15.0. The second kappa shape index (κ2) is 7.79. The van der Waals surface area contributed by atoms with Crippen molar-refractivity contribution >= 4 is 0 Å². The Morgan fingerprint density at radius 3 is 2.61 bits per heavy atom. The largest absolute Gasteiger partial charge is 0.468 e.